The van der Waals surface area contributed by atoms with E-state index in [0.29, 0.717) is 12.0 Å². The van der Waals surface area contributed by atoms with E-state index in [1.165, 1.54) is 19.3 Å². The number of ether oxygens (including phenoxy) is 2. The Labute approximate surface area is 144 Å². The summed E-state index contributed by atoms with van der Waals surface area (Å²) in [5, 5.41) is 6.89. The summed E-state index contributed by atoms with van der Waals surface area (Å²) in [7, 11) is 5.21. The van der Waals surface area contributed by atoms with Gasteiger partial charge in [-0.05, 0) is 25.2 Å². The molecule has 1 heterocycles. The van der Waals surface area contributed by atoms with Crippen molar-refractivity contribution in [3.63, 3.8) is 0 Å². The average Bonchev–Trinajstić information content (AvgIpc) is 3.32. The topological polar surface area (TPSA) is 58.1 Å². The molecule has 2 N–H and O–H groups in total. The Morgan fingerprint density at radius 1 is 1.17 bits per heavy atom. The fraction of sp³-hybridized carbons (Fsp3) is 0.611. The minimum Gasteiger partial charge on any atom is -0.497 e. The third kappa shape index (κ3) is 4.24. The highest BCUT2D eigenvalue weighted by atomic mass is 16.5. The minimum absolute atomic E-state index is 0.611. The molecule has 132 valence electrons. The van der Waals surface area contributed by atoms with Crippen molar-refractivity contribution in [2.75, 3.05) is 45.8 Å². The Morgan fingerprint density at radius 3 is 2.46 bits per heavy atom. The zero-order valence-electron chi connectivity index (χ0n) is 14.8. The van der Waals surface area contributed by atoms with Crippen molar-refractivity contribution >= 4 is 11.6 Å². The number of anilines is 1. The lowest BCUT2D eigenvalue weighted by molar-refractivity contribution is 0.394. The molecule has 1 atom stereocenters. The fourth-order valence-electron chi connectivity index (χ4n) is 3.07. The Bertz CT molecular complexity index is 564. The summed E-state index contributed by atoms with van der Waals surface area (Å²) in [6, 6.07) is 6.68. The maximum absolute atomic E-state index is 5.38. The second-order valence-electron chi connectivity index (χ2n) is 6.54. The van der Waals surface area contributed by atoms with Crippen LogP contribution >= 0.6 is 0 Å². The van der Waals surface area contributed by atoms with Crippen LogP contribution in [0.15, 0.2) is 23.2 Å². The monoisotopic (exact) mass is 332 g/mol. The van der Waals surface area contributed by atoms with Crippen molar-refractivity contribution in [3.05, 3.63) is 18.2 Å². The van der Waals surface area contributed by atoms with Crippen LogP contribution in [0.1, 0.15) is 19.3 Å². The Hall–Kier alpha value is -2.11. The molecule has 1 aliphatic carbocycles. The number of hydrogen-bond donors (Lipinski definition) is 2. The number of nitrogens with zero attached hydrogens (tertiary/aromatic N) is 2. The molecule has 1 saturated carbocycles. The van der Waals surface area contributed by atoms with Crippen molar-refractivity contribution in [2.24, 2.45) is 10.9 Å². The third-order valence-electron chi connectivity index (χ3n) is 4.69. The zero-order chi connectivity index (χ0) is 16.9. The number of rotatable bonds is 6. The molecule has 6 nitrogen and oxygen atoms in total. The first-order valence-corrected chi connectivity index (χ1v) is 8.67. The van der Waals surface area contributed by atoms with Crippen LogP contribution in [0.5, 0.6) is 11.5 Å². The van der Waals surface area contributed by atoms with E-state index in [2.05, 4.69) is 32.7 Å². The molecular formula is C18H28N4O2. The van der Waals surface area contributed by atoms with Crippen molar-refractivity contribution in [1.82, 2.24) is 10.6 Å². The summed E-state index contributed by atoms with van der Waals surface area (Å²) in [6.07, 6.45) is 3.69. The standard InChI is InChI=1S/C18H28N4O2/c1-19-18(21-14-4-5-14)20-11-13-6-7-22(12-13)15-8-16(23-2)10-17(9-15)24-3/h8-10,13-14H,4-7,11-12H2,1-3H3,(H2,19,20,21). The van der Waals surface area contributed by atoms with Crippen LogP contribution in [0, 0.1) is 5.92 Å². The van der Waals surface area contributed by atoms with Gasteiger partial charge in [-0.25, -0.2) is 0 Å². The number of benzene rings is 1. The lowest BCUT2D eigenvalue weighted by Gasteiger charge is -2.21. The SMILES string of the molecule is CN=C(NCC1CCN(c2cc(OC)cc(OC)c2)C1)NC1CC1. The summed E-state index contributed by atoms with van der Waals surface area (Å²) < 4.78 is 10.8. The number of aliphatic imine (C=N–C) groups is 1. The van der Waals surface area contributed by atoms with E-state index >= 15 is 0 Å². The predicted octanol–water partition coefficient (Wildman–Crippen LogP) is 1.86. The largest absolute Gasteiger partial charge is 0.497 e. The van der Waals surface area contributed by atoms with Crippen molar-refractivity contribution < 1.29 is 9.47 Å². The van der Waals surface area contributed by atoms with Crippen LogP contribution < -0.4 is 25.0 Å². The molecule has 6 heteroatoms. The molecule has 0 amide bonds. The van der Waals surface area contributed by atoms with Gasteiger partial charge in [0.1, 0.15) is 11.5 Å². The van der Waals surface area contributed by atoms with E-state index in [1.807, 2.05) is 13.1 Å². The molecule has 0 spiro atoms. The number of methoxy groups -OCH3 is 2. The molecule has 1 aromatic carbocycles. The lowest BCUT2D eigenvalue weighted by Crippen LogP contribution is -2.41. The van der Waals surface area contributed by atoms with E-state index in [-0.39, 0.29) is 0 Å². The summed E-state index contributed by atoms with van der Waals surface area (Å²) >= 11 is 0. The van der Waals surface area contributed by atoms with Gasteiger partial charge >= 0.3 is 0 Å². The fourth-order valence-corrected chi connectivity index (χ4v) is 3.07. The zero-order valence-corrected chi connectivity index (χ0v) is 14.8. The number of guanidine groups is 1. The summed E-state index contributed by atoms with van der Waals surface area (Å²) in [6.45, 7) is 3.03. The molecule has 24 heavy (non-hydrogen) atoms. The summed E-state index contributed by atoms with van der Waals surface area (Å²) in [4.78, 5) is 6.70. The third-order valence-corrected chi connectivity index (χ3v) is 4.69. The van der Waals surface area contributed by atoms with Gasteiger partial charge in [-0.15, -0.1) is 0 Å². The van der Waals surface area contributed by atoms with Gasteiger partial charge in [0.15, 0.2) is 5.96 Å². The smallest absolute Gasteiger partial charge is 0.191 e. The van der Waals surface area contributed by atoms with Gasteiger partial charge < -0.3 is 25.0 Å². The van der Waals surface area contributed by atoms with Gasteiger partial charge in [0.05, 0.1) is 14.2 Å². The number of hydrogen-bond acceptors (Lipinski definition) is 4. The molecule has 2 fully saturated rings. The minimum atomic E-state index is 0.611. The van der Waals surface area contributed by atoms with E-state index in [0.717, 1.165) is 42.8 Å². The Kier molecular flexibility index (Phi) is 5.33. The average molecular weight is 332 g/mol. The molecular weight excluding hydrogens is 304 g/mol. The molecule has 3 rings (SSSR count). The molecule has 1 saturated heterocycles. The van der Waals surface area contributed by atoms with Crippen molar-refractivity contribution in [2.45, 2.75) is 25.3 Å². The number of nitrogens with one attached hydrogen (secondary N) is 2. The lowest BCUT2D eigenvalue weighted by atomic mass is 10.1. The molecule has 1 aromatic rings. The van der Waals surface area contributed by atoms with Crippen LogP contribution in [0.2, 0.25) is 0 Å². The summed E-state index contributed by atoms with van der Waals surface area (Å²) in [5.74, 6) is 3.21. The quantitative estimate of drug-likeness (QED) is 0.615. The molecule has 1 aliphatic heterocycles. The highest BCUT2D eigenvalue weighted by Crippen LogP contribution is 2.31. The summed E-state index contributed by atoms with van der Waals surface area (Å²) in [5.41, 5.74) is 1.16. The van der Waals surface area contributed by atoms with Crippen LogP contribution in [0.4, 0.5) is 5.69 Å². The van der Waals surface area contributed by atoms with Crippen molar-refractivity contribution in [3.8, 4) is 11.5 Å². The first kappa shape index (κ1) is 16.7. The van der Waals surface area contributed by atoms with Gasteiger partial charge in [0.2, 0.25) is 0 Å². The van der Waals surface area contributed by atoms with Gasteiger partial charge in [-0.3, -0.25) is 4.99 Å². The van der Waals surface area contributed by atoms with E-state index in [9.17, 15) is 0 Å². The molecule has 1 unspecified atom stereocenters. The predicted molar refractivity (Wildman–Crippen MR) is 97.4 cm³/mol. The van der Waals surface area contributed by atoms with Crippen molar-refractivity contribution in [1.29, 1.82) is 0 Å². The van der Waals surface area contributed by atoms with Crippen LogP contribution in [0.25, 0.3) is 0 Å². The van der Waals surface area contributed by atoms with Crippen LogP contribution in [-0.2, 0) is 0 Å². The van der Waals surface area contributed by atoms with E-state index in [4.69, 9.17) is 9.47 Å². The van der Waals surface area contributed by atoms with Gasteiger partial charge in [-0.1, -0.05) is 0 Å². The first-order valence-electron chi connectivity index (χ1n) is 8.67. The highest BCUT2D eigenvalue weighted by Gasteiger charge is 2.25. The second kappa shape index (κ2) is 7.64. The molecule has 0 bridgehead atoms. The van der Waals surface area contributed by atoms with Gasteiger partial charge in [0.25, 0.3) is 0 Å². The second-order valence-corrected chi connectivity index (χ2v) is 6.54. The maximum atomic E-state index is 5.38. The van der Waals surface area contributed by atoms with E-state index in [1.54, 1.807) is 14.2 Å². The Morgan fingerprint density at radius 2 is 1.88 bits per heavy atom. The Balaban J connectivity index is 1.54. The molecule has 0 aromatic heterocycles. The van der Waals surface area contributed by atoms with Gasteiger partial charge in [-0.2, -0.15) is 0 Å². The van der Waals surface area contributed by atoms with Crippen LogP contribution in [-0.4, -0.2) is 52.9 Å². The van der Waals surface area contributed by atoms with E-state index < -0.39 is 0 Å². The highest BCUT2D eigenvalue weighted by molar-refractivity contribution is 5.80. The van der Waals surface area contributed by atoms with Crippen LogP contribution in [0.3, 0.4) is 0 Å². The maximum Gasteiger partial charge on any atom is 0.191 e. The molecule has 2 aliphatic rings. The first-order chi connectivity index (χ1) is 11.7. The normalized spacial score (nSPS) is 20.9. The van der Waals surface area contributed by atoms with Gasteiger partial charge in [0, 0.05) is 56.6 Å². The molecule has 0 radical (unpaired) electrons.